The van der Waals surface area contributed by atoms with E-state index in [4.69, 9.17) is 0 Å². The molecule has 1 aliphatic heterocycles. The molecule has 0 atom stereocenters. The van der Waals surface area contributed by atoms with Crippen LogP contribution in [0, 0.1) is 20.8 Å². The minimum absolute atomic E-state index is 0.293. The van der Waals surface area contributed by atoms with Gasteiger partial charge < -0.3 is 4.90 Å². The van der Waals surface area contributed by atoms with Gasteiger partial charge in [0.25, 0.3) is 0 Å². The molecule has 2 aromatic heterocycles. The highest BCUT2D eigenvalue weighted by Gasteiger charge is 2.32. The van der Waals surface area contributed by atoms with Crippen molar-refractivity contribution in [2.45, 2.75) is 25.7 Å². The molecular weight excluding hydrogens is 316 g/mol. The van der Waals surface area contributed by atoms with Gasteiger partial charge in [0.05, 0.1) is 17.1 Å². The predicted octanol–water partition coefficient (Wildman–Crippen LogP) is 0.636. The summed E-state index contributed by atoms with van der Waals surface area (Å²) in [5.74, 6) is 0.781. The third kappa shape index (κ3) is 2.93. The second-order valence-corrected chi connectivity index (χ2v) is 7.56. The lowest BCUT2D eigenvalue weighted by Gasteiger charge is -2.34. The van der Waals surface area contributed by atoms with Crippen molar-refractivity contribution in [3.63, 3.8) is 0 Å². The Kier molecular flexibility index (Phi) is 4.07. The molecule has 9 heteroatoms. The first-order valence-corrected chi connectivity index (χ1v) is 8.90. The highest BCUT2D eigenvalue weighted by molar-refractivity contribution is 7.89. The number of aromatic amines is 1. The SMILES string of the molecule is Cc1ccc(N2CCN(S(=O)(=O)c3c(C)n[nH]c3C)CC2)nn1. The van der Waals surface area contributed by atoms with Gasteiger partial charge in [-0.3, -0.25) is 5.10 Å². The number of piperazine rings is 1. The van der Waals surface area contributed by atoms with Crippen LogP contribution in [0.5, 0.6) is 0 Å². The van der Waals surface area contributed by atoms with E-state index in [0.29, 0.717) is 42.5 Å². The molecule has 0 amide bonds. The Bertz CT molecular complexity index is 772. The fourth-order valence-corrected chi connectivity index (χ4v) is 4.52. The first-order valence-electron chi connectivity index (χ1n) is 7.46. The first kappa shape index (κ1) is 15.9. The van der Waals surface area contributed by atoms with Gasteiger partial charge >= 0.3 is 0 Å². The van der Waals surface area contributed by atoms with Crippen LogP contribution >= 0.6 is 0 Å². The van der Waals surface area contributed by atoms with Crippen LogP contribution in [-0.2, 0) is 10.0 Å². The van der Waals surface area contributed by atoms with E-state index in [1.54, 1.807) is 13.8 Å². The van der Waals surface area contributed by atoms with Crippen molar-refractivity contribution in [2.24, 2.45) is 0 Å². The molecule has 8 nitrogen and oxygen atoms in total. The molecule has 0 unspecified atom stereocenters. The summed E-state index contributed by atoms with van der Waals surface area (Å²) in [6.45, 7) is 7.33. The molecule has 0 spiro atoms. The van der Waals surface area contributed by atoms with Crippen LogP contribution in [0.1, 0.15) is 17.1 Å². The van der Waals surface area contributed by atoms with Gasteiger partial charge in [0, 0.05) is 26.2 Å². The number of rotatable bonds is 3. The number of hydrogen-bond donors (Lipinski definition) is 1. The van der Waals surface area contributed by atoms with Crippen LogP contribution in [0.3, 0.4) is 0 Å². The lowest BCUT2D eigenvalue weighted by Crippen LogP contribution is -2.49. The fraction of sp³-hybridized carbons (Fsp3) is 0.500. The summed E-state index contributed by atoms with van der Waals surface area (Å²) in [5.41, 5.74) is 1.95. The zero-order valence-corrected chi connectivity index (χ0v) is 14.3. The number of aromatic nitrogens is 4. The van der Waals surface area contributed by atoms with Crippen molar-refractivity contribution < 1.29 is 8.42 Å². The minimum Gasteiger partial charge on any atom is -0.352 e. The Hall–Kier alpha value is -2.00. The van der Waals surface area contributed by atoms with Gasteiger partial charge in [-0.1, -0.05) is 0 Å². The molecule has 0 bridgehead atoms. The van der Waals surface area contributed by atoms with Gasteiger partial charge in [0.2, 0.25) is 10.0 Å². The third-order valence-corrected chi connectivity index (χ3v) is 6.17. The summed E-state index contributed by atoms with van der Waals surface area (Å²) in [4.78, 5) is 2.34. The summed E-state index contributed by atoms with van der Waals surface area (Å²) >= 11 is 0. The van der Waals surface area contributed by atoms with E-state index in [1.165, 1.54) is 4.31 Å². The maximum absolute atomic E-state index is 12.8. The van der Waals surface area contributed by atoms with E-state index in [9.17, 15) is 8.42 Å². The van der Waals surface area contributed by atoms with Gasteiger partial charge in [-0.05, 0) is 32.9 Å². The molecule has 2 aromatic rings. The molecule has 1 aliphatic rings. The van der Waals surface area contributed by atoms with Crippen molar-refractivity contribution in [1.82, 2.24) is 24.7 Å². The largest absolute Gasteiger partial charge is 0.352 e. The highest BCUT2D eigenvalue weighted by Crippen LogP contribution is 2.23. The Morgan fingerprint density at radius 2 is 1.74 bits per heavy atom. The van der Waals surface area contributed by atoms with Crippen molar-refractivity contribution in [3.8, 4) is 0 Å². The van der Waals surface area contributed by atoms with E-state index < -0.39 is 10.0 Å². The van der Waals surface area contributed by atoms with Gasteiger partial charge in [-0.2, -0.15) is 14.5 Å². The number of sulfonamides is 1. The zero-order chi connectivity index (χ0) is 16.6. The molecule has 3 heterocycles. The van der Waals surface area contributed by atoms with E-state index in [0.717, 1.165) is 11.5 Å². The average Bonchev–Trinajstić information content (AvgIpc) is 2.88. The second kappa shape index (κ2) is 5.89. The van der Waals surface area contributed by atoms with Crippen molar-refractivity contribution in [1.29, 1.82) is 0 Å². The topological polar surface area (TPSA) is 95.1 Å². The number of nitrogens with one attached hydrogen (secondary N) is 1. The summed E-state index contributed by atoms with van der Waals surface area (Å²) in [6.07, 6.45) is 0. The maximum Gasteiger partial charge on any atom is 0.246 e. The van der Waals surface area contributed by atoms with Gasteiger partial charge in [-0.25, -0.2) is 8.42 Å². The van der Waals surface area contributed by atoms with Crippen LogP contribution in [0.4, 0.5) is 5.82 Å². The summed E-state index contributed by atoms with van der Waals surface area (Å²) < 4.78 is 27.1. The molecule has 23 heavy (non-hydrogen) atoms. The quantitative estimate of drug-likeness (QED) is 0.883. The lowest BCUT2D eigenvalue weighted by atomic mass is 10.3. The van der Waals surface area contributed by atoms with Crippen LogP contribution < -0.4 is 4.90 Å². The Balaban J connectivity index is 1.75. The number of nitrogens with zero attached hydrogens (tertiary/aromatic N) is 5. The summed E-state index contributed by atoms with van der Waals surface area (Å²) in [7, 11) is -3.52. The molecule has 0 aliphatic carbocycles. The monoisotopic (exact) mass is 336 g/mol. The second-order valence-electron chi connectivity index (χ2n) is 5.69. The Morgan fingerprint density at radius 1 is 1.04 bits per heavy atom. The molecule has 1 N–H and O–H groups in total. The van der Waals surface area contributed by atoms with Crippen LogP contribution in [0.25, 0.3) is 0 Å². The molecular formula is C14H20N6O2S. The van der Waals surface area contributed by atoms with E-state index in [-0.39, 0.29) is 0 Å². The summed E-state index contributed by atoms with van der Waals surface area (Å²) in [6, 6.07) is 3.82. The van der Waals surface area contributed by atoms with Crippen LogP contribution in [0.2, 0.25) is 0 Å². The maximum atomic E-state index is 12.8. The predicted molar refractivity (Wildman–Crippen MR) is 85.8 cm³/mol. The molecule has 3 rings (SSSR count). The number of H-pyrrole nitrogens is 1. The molecule has 1 fully saturated rings. The smallest absolute Gasteiger partial charge is 0.246 e. The van der Waals surface area contributed by atoms with Crippen LogP contribution in [-0.4, -0.2) is 59.3 Å². The Morgan fingerprint density at radius 3 is 2.26 bits per heavy atom. The summed E-state index contributed by atoms with van der Waals surface area (Å²) in [5, 5.41) is 14.9. The fourth-order valence-electron chi connectivity index (χ4n) is 2.77. The minimum atomic E-state index is -3.52. The van der Waals surface area contributed by atoms with Crippen molar-refractivity contribution >= 4 is 15.8 Å². The molecule has 0 aromatic carbocycles. The molecule has 0 radical (unpaired) electrons. The van der Waals surface area contributed by atoms with Gasteiger partial charge in [-0.15, -0.1) is 5.10 Å². The van der Waals surface area contributed by atoms with Crippen molar-refractivity contribution in [2.75, 3.05) is 31.1 Å². The van der Waals surface area contributed by atoms with E-state index in [2.05, 4.69) is 20.4 Å². The number of aryl methyl sites for hydroxylation is 3. The lowest BCUT2D eigenvalue weighted by molar-refractivity contribution is 0.383. The normalized spacial score (nSPS) is 16.7. The average molecular weight is 336 g/mol. The Labute approximate surface area is 135 Å². The molecule has 124 valence electrons. The van der Waals surface area contributed by atoms with Crippen molar-refractivity contribution in [3.05, 3.63) is 29.2 Å². The standard InChI is InChI=1S/C14H20N6O2S/c1-10-4-5-13(18-15-10)19-6-8-20(9-7-19)23(21,22)14-11(2)16-17-12(14)3/h4-5H,6-9H2,1-3H3,(H,16,17). The molecule has 1 saturated heterocycles. The zero-order valence-electron chi connectivity index (χ0n) is 13.4. The van der Waals surface area contributed by atoms with Gasteiger partial charge in [0.1, 0.15) is 4.90 Å². The third-order valence-electron chi connectivity index (χ3n) is 4.00. The molecule has 0 saturated carbocycles. The van der Waals surface area contributed by atoms with Crippen LogP contribution in [0.15, 0.2) is 17.0 Å². The highest BCUT2D eigenvalue weighted by atomic mass is 32.2. The van der Waals surface area contributed by atoms with E-state index in [1.807, 2.05) is 24.0 Å². The van der Waals surface area contributed by atoms with E-state index >= 15 is 0 Å². The number of hydrogen-bond acceptors (Lipinski definition) is 6. The van der Waals surface area contributed by atoms with Gasteiger partial charge in [0.15, 0.2) is 5.82 Å². The first-order chi connectivity index (χ1) is 10.9. The number of anilines is 1.